The van der Waals surface area contributed by atoms with Gasteiger partial charge in [-0.3, -0.25) is 8.89 Å². The van der Waals surface area contributed by atoms with E-state index in [9.17, 15) is 4.21 Å². The predicted molar refractivity (Wildman–Crippen MR) is 62.9 cm³/mol. The van der Waals surface area contributed by atoms with Gasteiger partial charge in [-0.1, -0.05) is 6.92 Å². The first-order valence-corrected chi connectivity index (χ1v) is 6.55. The molecule has 0 aliphatic rings. The number of rotatable bonds is 5. The molecular weight excluding hydrogens is 210 g/mol. The Morgan fingerprint density at radius 3 is 2.80 bits per heavy atom. The standard InChI is InChI=1S/C10H19N3OS/c1-4-9-5-10(13(3)12-9)7-15(14)8(2)6-11/h5,8H,4,6-7,11H2,1-3H3. The second-order valence-electron chi connectivity index (χ2n) is 3.68. The summed E-state index contributed by atoms with van der Waals surface area (Å²) in [6, 6.07) is 2.02. The van der Waals surface area contributed by atoms with Crippen LogP contribution in [0.5, 0.6) is 0 Å². The van der Waals surface area contributed by atoms with Crippen LogP contribution in [0.2, 0.25) is 0 Å². The van der Waals surface area contributed by atoms with Gasteiger partial charge in [-0.15, -0.1) is 0 Å². The van der Waals surface area contributed by atoms with Crippen LogP contribution in [0.15, 0.2) is 6.07 Å². The van der Waals surface area contributed by atoms with Gasteiger partial charge < -0.3 is 5.73 Å². The molecule has 5 heteroatoms. The maximum atomic E-state index is 11.8. The molecule has 86 valence electrons. The SMILES string of the molecule is CCc1cc(CS(=O)C(C)CN)n(C)n1. The van der Waals surface area contributed by atoms with E-state index in [1.807, 2.05) is 20.0 Å². The van der Waals surface area contributed by atoms with E-state index >= 15 is 0 Å². The third kappa shape index (κ3) is 3.14. The van der Waals surface area contributed by atoms with Crippen molar-refractivity contribution in [2.75, 3.05) is 6.54 Å². The highest BCUT2D eigenvalue weighted by molar-refractivity contribution is 7.84. The van der Waals surface area contributed by atoms with Crippen LogP contribution in [0.4, 0.5) is 0 Å². The third-order valence-electron chi connectivity index (χ3n) is 2.46. The molecule has 15 heavy (non-hydrogen) atoms. The Hall–Kier alpha value is -0.680. The number of nitrogens with zero attached hydrogens (tertiary/aromatic N) is 2. The summed E-state index contributed by atoms with van der Waals surface area (Å²) < 4.78 is 13.6. The molecule has 0 saturated heterocycles. The normalized spacial score (nSPS) is 15.2. The molecule has 0 saturated carbocycles. The lowest BCUT2D eigenvalue weighted by molar-refractivity contribution is 0.666. The number of aryl methyl sites for hydroxylation is 2. The van der Waals surface area contributed by atoms with Gasteiger partial charge in [0.25, 0.3) is 0 Å². The summed E-state index contributed by atoms with van der Waals surface area (Å²) in [6.45, 7) is 4.43. The van der Waals surface area contributed by atoms with Gasteiger partial charge in [0.05, 0.1) is 17.1 Å². The summed E-state index contributed by atoms with van der Waals surface area (Å²) in [5.74, 6) is 0.544. The van der Waals surface area contributed by atoms with Crippen molar-refractivity contribution in [1.82, 2.24) is 9.78 Å². The molecule has 2 N–H and O–H groups in total. The van der Waals surface area contributed by atoms with Crippen LogP contribution in [0.3, 0.4) is 0 Å². The predicted octanol–water partition coefficient (Wildman–Crippen LogP) is 0.578. The van der Waals surface area contributed by atoms with Crippen LogP contribution in [0.25, 0.3) is 0 Å². The van der Waals surface area contributed by atoms with Crippen molar-refractivity contribution in [2.24, 2.45) is 12.8 Å². The van der Waals surface area contributed by atoms with Crippen LogP contribution < -0.4 is 5.73 Å². The van der Waals surface area contributed by atoms with Crippen molar-refractivity contribution in [3.8, 4) is 0 Å². The summed E-state index contributed by atoms with van der Waals surface area (Å²) in [5.41, 5.74) is 7.55. The van der Waals surface area contributed by atoms with Crippen molar-refractivity contribution in [1.29, 1.82) is 0 Å². The van der Waals surface area contributed by atoms with Crippen LogP contribution in [0.1, 0.15) is 25.2 Å². The largest absolute Gasteiger partial charge is 0.329 e. The Morgan fingerprint density at radius 1 is 1.67 bits per heavy atom. The molecule has 1 heterocycles. The van der Waals surface area contributed by atoms with Crippen molar-refractivity contribution >= 4 is 10.8 Å². The van der Waals surface area contributed by atoms with Gasteiger partial charge in [0, 0.05) is 29.6 Å². The second-order valence-corrected chi connectivity index (χ2v) is 5.53. The van der Waals surface area contributed by atoms with E-state index in [1.54, 1.807) is 4.68 Å². The Balaban J connectivity index is 2.71. The number of aromatic nitrogens is 2. The highest BCUT2D eigenvalue weighted by Gasteiger charge is 2.12. The summed E-state index contributed by atoms with van der Waals surface area (Å²) >= 11 is 0. The molecule has 1 aromatic rings. The van der Waals surface area contributed by atoms with Gasteiger partial charge in [0.2, 0.25) is 0 Å². The molecule has 2 atom stereocenters. The lowest BCUT2D eigenvalue weighted by atomic mass is 10.3. The van der Waals surface area contributed by atoms with Crippen molar-refractivity contribution in [3.63, 3.8) is 0 Å². The van der Waals surface area contributed by atoms with E-state index in [0.717, 1.165) is 17.8 Å². The molecule has 0 aromatic carbocycles. The van der Waals surface area contributed by atoms with Gasteiger partial charge in [-0.05, 0) is 19.4 Å². The Morgan fingerprint density at radius 2 is 2.33 bits per heavy atom. The smallest absolute Gasteiger partial charge is 0.0658 e. The van der Waals surface area contributed by atoms with Gasteiger partial charge >= 0.3 is 0 Å². The summed E-state index contributed by atoms with van der Waals surface area (Å²) in [6.07, 6.45) is 0.910. The maximum absolute atomic E-state index is 11.8. The number of hydrogen-bond acceptors (Lipinski definition) is 3. The fraction of sp³-hybridized carbons (Fsp3) is 0.700. The minimum absolute atomic E-state index is 0.0463. The molecule has 0 bridgehead atoms. The van der Waals surface area contributed by atoms with E-state index in [4.69, 9.17) is 5.73 Å². The van der Waals surface area contributed by atoms with Gasteiger partial charge in [-0.2, -0.15) is 5.10 Å². The lowest BCUT2D eigenvalue weighted by Crippen LogP contribution is -2.23. The Labute approximate surface area is 93.3 Å². The summed E-state index contributed by atoms with van der Waals surface area (Å²) in [5, 5.41) is 4.36. The van der Waals surface area contributed by atoms with E-state index in [0.29, 0.717) is 12.3 Å². The lowest BCUT2D eigenvalue weighted by Gasteiger charge is -2.08. The van der Waals surface area contributed by atoms with Gasteiger partial charge in [0.15, 0.2) is 0 Å². The first-order valence-electron chi connectivity index (χ1n) is 5.17. The highest BCUT2D eigenvalue weighted by Crippen LogP contribution is 2.09. The van der Waals surface area contributed by atoms with Crippen LogP contribution >= 0.6 is 0 Å². The molecule has 0 spiro atoms. The monoisotopic (exact) mass is 229 g/mol. The molecule has 4 nitrogen and oxygen atoms in total. The molecule has 1 aromatic heterocycles. The Bertz CT molecular complexity index is 348. The minimum Gasteiger partial charge on any atom is -0.329 e. The van der Waals surface area contributed by atoms with E-state index in [1.165, 1.54) is 0 Å². The first-order chi connectivity index (χ1) is 7.08. The number of nitrogens with two attached hydrogens (primary N) is 1. The van der Waals surface area contributed by atoms with Crippen molar-refractivity contribution < 1.29 is 4.21 Å². The Kier molecular flexibility index (Phi) is 4.47. The van der Waals surface area contributed by atoms with Crippen LogP contribution in [-0.2, 0) is 30.0 Å². The van der Waals surface area contributed by atoms with E-state index in [-0.39, 0.29) is 5.25 Å². The molecular formula is C10H19N3OS. The average Bonchev–Trinajstić information content (AvgIpc) is 2.58. The van der Waals surface area contributed by atoms with Gasteiger partial charge in [0.1, 0.15) is 0 Å². The first kappa shape index (κ1) is 12.4. The summed E-state index contributed by atoms with van der Waals surface area (Å²) in [4.78, 5) is 0. The zero-order valence-corrected chi connectivity index (χ0v) is 10.4. The second kappa shape index (κ2) is 5.42. The molecule has 0 aliphatic carbocycles. The zero-order valence-electron chi connectivity index (χ0n) is 9.56. The molecule has 2 unspecified atom stereocenters. The fourth-order valence-corrected chi connectivity index (χ4v) is 2.34. The maximum Gasteiger partial charge on any atom is 0.0658 e. The molecule has 0 radical (unpaired) electrons. The average molecular weight is 229 g/mol. The van der Waals surface area contributed by atoms with Crippen LogP contribution in [-0.4, -0.2) is 25.8 Å². The van der Waals surface area contributed by atoms with E-state index < -0.39 is 10.8 Å². The summed E-state index contributed by atoms with van der Waals surface area (Å²) in [7, 11) is 0.987. The fourth-order valence-electron chi connectivity index (χ4n) is 1.27. The molecule has 1 rings (SSSR count). The zero-order chi connectivity index (χ0) is 11.4. The van der Waals surface area contributed by atoms with Crippen LogP contribution in [0, 0.1) is 0 Å². The third-order valence-corrected chi connectivity index (χ3v) is 4.13. The molecule has 0 aliphatic heterocycles. The molecule has 0 fully saturated rings. The minimum atomic E-state index is -0.901. The topological polar surface area (TPSA) is 60.9 Å². The molecule has 0 amide bonds. The van der Waals surface area contributed by atoms with Crippen molar-refractivity contribution in [2.45, 2.75) is 31.3 Å². The quantitative estimate of drug-likeness (QED) is 0.803. The van der Waals surface area contributed by atoms with E-state index in [2.05, 4.69) is 12.0 Å². The highest BCUT2D eigenvalue weighted by atomic mass is 32.2. The van der Waals surface area contributed by atoms with Crippen molar-refractivity contribution in [3.05, 3.63) is 17.5 Å². The van der Waals surface area contributed by atoms with Gasteiger partial charge in [-0.25, -0.2) is 0 Å². The number of hydrogen-bond donors (Lipinski definition) is 1.